The first kappa shape index (κ1) is 15.5. The van der Waals surface area contributed by atoms with Crippen LogP contribution in [0.5, 0.6) is 0 Å². The molecule has 0 saturated carbocycles. The Morgan fingerprint density at radius 3 is 2.28 bits per heavy atom. The van der Waals surface area contributed by atoms with E-state index in [1.807, 2.05) is 18.8 Å². The van der Waals surface area contributed by atoms with Crippen LogP contribution in [-0.2, 0) is 5.41 Å². The van der Waals surface area contributed by atoms with Gasteiger partial charge in [0.25, 0.3) is 0 Å². The fourth-order valence-electron chi connectivity index (χ4n) is 1.70. The van der Waals surface area contributed by atoms with Gasteiger partial charge in [-0.05, 0) is 42.3 Å². The van der Waals surface area contributed by atoms with Crippen LogP contribution in [0.1, 0.15) is 32.8 Å². The molecule has 0 spiro atoms. The first-order valence-corrected chi connectivity index (χ1v) is 7.47. The Kier molecular flexibility index (Phi) is 6.19. The van der Waals surface area contributed by atoms with Gasteiger partial charge in [0.1, 0.15) is 0 Å². The molecule has 0 aliphatic rings. The highest BCUT2D eigenvalue weighted by Gasteiger charge is 2.12. The molecule has 0 aliphatic carbocycles. The van der Waals surface area contributed by atoms with Crippen molar-refractivity contribution in [1.29, 1.82) is 0 Å². The summed E-state index contributed by atoms with van der Waals surface area (Å²) in [7, 11) is 1.89. The number of benzene rings is 1. The van der Waals surface area contributed by atoms with Gasteiger partial charge in [-0.2, -0.15) is 0 Å². The van der Waals surface area contributed by atoms with Crippen molar-refractivity contribution < 1.29 is 5.11 Å². The van der Waals surface area contributed by atoms with Gasteiger partial charge >= 0.3 is 0 Å². The monoisotopic (exact) mass is 267 g/mol. The molecule has 0 fully saturated rings. The van der Waals surface area contributed by atoms with E-state index < -0.39 is 0 Å². The summed E-state index contributed by atoms with van der Waals surface area (Å²) >= 11 is 1.85. The molecule has 1 aromatic carbocycles. The average Bonchev–Trinajstić information content (AvgIpc) is 2.34. The Hall–Kier alpha value is -0.510. The van der Waals surface area contributed by atoms with Gasteiger partial charge in [0.05, 0.1) is 6.61 Å². The van der Waals surface area contributed by atoms with E-state index in [0.29, 0.717) is 0 Å². The summed E-state index contributed by atoms with van der Waals surface area (Å²) in [5, 5.41) is 12.2. The molecule has 2 nitrogen and oxygen atoms in total. The zero-order chi connectivity index (χ0) is 13.6. The van der Waals surface area contributed by atoms with Crippen molar-refractivity contribution in [3.8, 4) is 0 Å². The van der Waals surface area contributed by atoms with Gasteiger partial charge in [-0.25, -0.2) is 0 Å². The molecule has 3 heteroatoms. The maximum atomic E-state index is 9.08. The molecule has 1 atom stereocenters. The number of nitrogens with one attached hydrogen (secondary N) is 1. The molecule has 102 valence electrons. The lowest BCUT2D eigenvalue weighted by Crippen LogP contribution is -2.29. The Bertz CT molecular complexity index is 339. The lowest BCUT2D eigenvalue weighted by atomic mass is 9.87. The van der Waals surface area contributed by atoms with E-state index in [4.69, 9.17) is 5.11 Å². The van der Waals surface area contributed by atoms with Gasteiger partial charge in [0.2, 0.25) is 0 Å². The summed E-state index contributed by atoms with van der Waals surface area (Å²) in [5.41, 5.74) is 1.59. The van der Waals surface area contributed by atoms with Crippen molar-refractivity contribution >= 4 is 11.8 Å². The van der Waals surface area contributed by atoms with E-state index in [0.717, 1.165) is 12.2 Å². The van der Waals surface area contributed by atoms with Crippen LogP contribution in [0.25, 0.3) is 0 Å². The molecular weight excluding hydrogens is 242 g/mol. The first-order chi connectivity index (χ1) is 8.47. The van der Waals surface area contributed by atoms with E-state index in [-0.39, 0.29) is 18.1 Å². The van der Waals surface area contributed by atoms with Crippen LogP contribution in [-0.4, -0.2) is 30.6 Å². The smallest absolute Gasteiger partial charge is 0.0584 e. The maximum absolute atomic E-state index is 9.08. The van der Waals surface area contributed by atoms with E-state index in [9.17, 15) is 0 Å². The zero-order valence-electron chi connectivity index (χ0n) is 11.9. The number of hydrogen-bond donors (Lipinski definition) is 2. The number of thioether (sulfide) groups is 1. The molecule has 0 aliphatic heterocycles. The molecule has 1 unspecified atom stereocenters. The number of rotatable bonds is 6. The third-order valence-corrected chi connectivity index (χ3v) is 4.13. The first-order valence-electron chi connectivity index (χ1n) is 6.49. The second-order valence-corrected chi connectivity index (χ2v) is 6.75. The van der Waals surface area contributed by atoms with Gasteiger partial charge in [0, 0.05) is 10.9 Å². The zero-order valence-corrected chi connectivity index (χ0v) is 12.7. The summed E-state index contributed by atoms with van der Waals surface area (Å²) in [6, 6.07) is 9.02. The minimum absolute atomic E-state index is 0.208. The third kappa shape index (κ3) is 5.01. The van der Waals surface area contributed by atoms with Gasteiger partial charge in [0.15, 0.2) is 0 Å². The number of hydrogen-bond acceptors (Lipinski definition) is 3. The fraction of sp³-hybridized carbons (Fsp3) is 0.600. The number of aliphatic hydroxyl groups is 1. The molecule has 1 rings (SSSR count). The van der Waals surface area contributed by atoms with Crippen LogP contribution in [0.3, 0.4) is 0 Å². The molecular formula is C15H25NOS. The lowest BCUT2D eigenvalue weighted by molar-refractivity contribution is 0.246. The standard InChI is InChI=1S/C15H25NOS/c1-15(2,3)12-5-7-14(8-6-12)18-10-9-13(11-17)16-4/h5-8,13,16-17H,9-11H2,1-4H3. The van der Waals surface area contributed by atoms with Crippen LogP contribution in [0.2, 0.25) is 0 Å². The number of likely N-dealkylation sites (N-methyl/N-ethyl adjacent to an activating group) is 1. The predicted octanol–water partition coefficient (Wildman–Crippen LogP) is 3.05. The highest BCUT2D eigenvalue weighted by Crippen LogP contribution is 2.26. The van der Waals surface area contributed by atoms with Gasteiger partial charge in [-0.3, -0.25) is 0 Å². The SMILES string of the molecule is CNC(CO)CCSc1ccc(C(C)(C)C)cc1. The minimum Gasteiger partial charge on any atom is -0.395 e. The molecule has 0 radical (unpaired) electrons. The largest absolute Gasteiger partial charge is 0.395 e. The number of aliphatic hydroxyl groups excluding tert-OH is 1. The Balaban J connectivity index is 2.45. The van der Waals surface area contributed by atoms with Crippen LogP contribution in [0.15, 0.2) is 29.2 Å². The normalized spacial score (nSPS) is 13.6. The lowest BCUT2D eigenvalue weighted by Gasteiger charge is -2.19. The van der Waals surface area contributed by atoms with Crippen LogP contribution >= 0.6 is 11.8 Å². The molecule has 18 heavy (non-hydrogen) atoms. The van der Waals surface area contributed by atoms with Crippen molar-refractivity contribution in [3.63, 3.8) is 0 Å². The summed E-state index contributed by atoms with van der Waals surface area (Å²) in [5.74, 6) is 1.03. The molecule has 1 aromatic rings. The molecule has 0 aromatic heterocycles. The van der Waals surface area contributed by atoms with Gasteiger partial charge < -0.3 is 10.4 Å². The fourth-order valence-corrected chi connectivity index (χ4v) is 2.66. The summed E-state index contributed by atoms with van der Waals surface area (Å²) in [4.78, 5) is 1.30. The maximum Gasteiger partial charge on any atom is 0.0584 e. The minimum atomic E-state index is 0.208. The quantitative estimate of drug-likeness (QED) is 0.777. The molecule has 0 bridgehead atoms. The highest BCUT2D eigenvalue weighted by molar-refractivity contribution is 7.99. The van der Waals surface area contributed by atoms with Crippen molar-refractivity contribution in [2.45, 2.75) is 43.5 Å². The van der Waals surface area contributed by atoms with E-state index in [1.165, 1.54) is 10.5 Å². The second-order valence-electron chi connectivity index (χ2n) is 5.58. The van der Waals surface area contributed by atoms with Gasteiger partial charge in [-0.15, -0.1) is 11.8 Å². The van der Waals surface area contributed by atoms with Crippen LogP contribution in [0.4, 0.5) is 0 Å². The average molecular weight is 267 g/mol. The Morgan fingerprint density at radius 1 is 1.22 bits per heavy atom. The third-order valence-electron chi connectivity index (χ3n) is 3.08. The molecule has 2 N–H and O–H groups in total. The van der Waals surface area contributed by atoms with Crippen molar-refractivity contribution in [3.05, 3.63) is 29.8 Å². The summed E-state index contributed by atoms with van der Waals surface area (Å²) in [6.45, 7) is 6.90. The van der Waals surface area contributed by atoms with Crippen LogP contribution in [0, 0.1) is 0 Å². The van der Waals surface area contributed by atoms with Crippen LogP contribution < -0.4 is 5.32 Å². The van der Waals surface area contributed by atoms with E-state index in [2.05, 4.69) is 50.4 Å². The van der Waals surface area contributed by atoms with E-state index in [1.54, 1.807) is 0 Å². The molecule has 0 saturated heterocycles. The molecule has 0 amide bonds. The Morgan fingerprint density at radius 2 is 1.83 bits per heavy atom. The van der Waals surface area contributed by atoms with Gasteiger partial charge in [-0.1, -0.05) is 32.9 Å². The van der Waals surface area contributed by atoms with Crippen molar-refractivity contribution in [1.82, 2.24) is 5.32 Å². The predicted molar refractivity (Wildman–Crippen MR) is 80.4 cm³/mol. The topological polar surface area (TPSA) is 32.3 Å². The highest BCUT2D eigenvalue weighted by atomic mass is 32.2. The Labute approximate surface area is 115 Å². The summed E-state index contributed by atoms with van der Waals surface area (Å²) in [6.07, 6.45) is 0.985. The molecule has 0 heterocycles. The van der Waals surface area contributed by atoms with E-state index >= 15 is 0 Å². The summed E-state index contributed by atoms with van der Waals surface area (Å²) < 4.78 is 0. The second kappa shape index (κ2) is 7.17. The van der Waals surface area contributed by atoms with Crippen molar-refractivity contribution in [2.75, 3.05) is 19.4 Å². The van der Waals surface area contributed by atoms with Crippen molar-refractivity contribution in [2.24, 2.45) is 0 Å².